The predicted octanol–water partition coefficient (Wildman–Crippen LogP) is 2.84. The summed E-state index contributed by atoms with van der Waals surface area (Å²) in [6.07, 6.45) is 3.24. The molecule has 0 heterocycles. The maximum atomic E-state index is 13.1. The van der Waals surface area contributed by atoms with E-state index in [0.717, 1.165) is 23.0 Å². The molecule has 0 spiro atoms. The van der Waals surface area contributed by atoms with E-state index in [-0.39, 0.29) is 12.4 Å². The quantitative estimate of drug-likeness (QED) is 0.847. The maximum absolute atomic E-state index is 13.1. The summed E-state index contributed by atoms with van der Waals surface area (Å²) in [6.45, 7) is 1.83. The molecule has 1 aromatic rings. The second-order valence-corrected chi connectivity index (χ2v) is 5.77. The molecule has 0 saturated heterocycles. The van der Waals surface area contributed by atoms with E-state index in [2.05, 4.69) is 21.2 Å². The molecule has 2 N–H and O–H groups in total. The molecule has 4 heteroatoms. The summed E-state index contributed by atoms with van der Waals surface area (Å²) in [5, 5.41) is 12.3. The lowest BCUT2D eigenvalue weighted by molar-refractivity contribution is 0.245. The van der Waals surface area contributed by atoms with Crippen LogP contribution in [0.2, 0.25) is 0 Å². The average Bonchev–Trinajstić information content (AvgIpc) is 2.97. The van der Waals surface area contributed by atoms with E-state index in [1.54, 1.807) is 6.07 Å². The highest BCUT2D eigenvalue weighted by Gasteiger charge is 2.41. The first kappa shape index (κ1) is 13.0. The standard InChI is InChI=1S/C13H17BrFNO/c14-11-5-10(6-12(15)7-11)8-16-9-13(1-2-13)3-4-17/h5-7,16-17H,1-4,8-9H2. The molecule has 17 heavy (non-hydrogen) atoms. The average molecular weight is 302 g/mol. The fourth-order valence-electron chi connectivity index (χ4n) is 2.11. The van der Waals surface area contributed by atoms with Gasteiger partial charge in [0.2, 0.25) is 0 Å². The van der Waals surface area contributed by atoms with Gasteiger partial charge in [-0.1, -0.05) is 15.9 Å². The summed E-state index contributed by atoms with van der Waals surface area (Å²) >= 11 is 3.28. The Morgan fingerprint density at radius 2 is 2.12 bits per heavy atom. The van der Waals surface area contributed by atoms with E-state index < -0.39 is 0 Å². The van der Waals surface area contributed by atoms with Crippen molar-refractivity contribution in [2.75, 3.05) is 13.2 Å². The van der Waals surface area contributed by atoms with Gasteiger partial charge in [0, 0.05) is 24.2 Å². The lowest BCUT2D eigenvalue weighted by Crippen LogP contribution is -2.24. The predicted molar refractivity (Wildman–Crippen MR) is 69.2 cm³/mol. The first-order valence-electron chi connectivity index (χ1n) is 5.90. The van der Waals surface area contributed by atoms with Gasteiger partial charge in [0.15, 0.2) is 0 Å². The van der Waals surface area contributed by atoms with Crippen molar-refractivity contribution in [2.24, 2.45) is 5.41 Å². The summed E-state index contributed by atoms with van der Waals surface area (Å²) in [5.41, 5.74) is 1.25. The molecule has 1 aliphatic rings. The van der Waals surface area contributed by atoms with Crippen LogP contribution in [0.1, 0.15) is 24.8 Å². The summed E-state index contributed by atoms with van der Waals surface area (Å²) in [4.78, 5) is 0. The van der Waals surface area contributed by atoms with Gasteiger partial charge < -0.3 is 10.4 Å². The van der Waals surface area contributed by atoms with Crippen LogP contribution < -0.4 is 5.32 Å². The summed E-state index contributed by atoms with van der Waals surface area (Å²) < 4.78 is 13.9. The summed E-state index contributed by atoms with van der Waals surface area (Å²) in [7, 11) is 0. The van der Waals surface area contributed by atoms with Gasteiger partial charge in [0.1, 0.15) is 5.82 Å². The van der Waals surface area contributed by atoms with Crippen LogP contribution in [-0.4, -0.2) is 18.3 Å². The van der Waals surface area contributed by atoms with E-state index in [4.69, 9.17) is 5.11 Å². The van der Waals surface area contributed by atoms with Crippen LogP contribution in [0.4, 0.5) is 4.39 Å². The molecule has 1 aliphatic carbocycles. The third-order valence-electron chi connectivity index (χ3n) is 3.35. The number of hydrogen-bond acceptors (Lipinski definition) is 2. The zero-order chi connectivity index (χ0) is 12.3. The highest BCUT2D eigenvalue weighted by Crippen LogP contribution is 2.47. The summed E-state index contributed by atoms with van der Waals surface area (Å²) in [5.74, 6) is -0.215. The molecule has 0 aliphatic heterocycles. The van der Waals surface area contributed by atoms with Crippen LogP contribution in [0.25, 0.3) is 0 Å². The van der Waals surface area contributed by atoms with Gasteiger partial charge in [-0.25, -0.2) is 4.39 Å². The Kier molecular flexibility index (Phi) is 4.17. The largest absolute Gasteiger partial charge is 0.396 e. The van der Waals surface area contributed by atoms with Crippen LogP contribution in [0, 0.1) is 11.2 Å². The van der Waals surface area contributed by atoms with Crippen LogP contribution in [0.15, 0.2) is 22.7 Å². The number of benzene rings is 1. The van der Waals surface area contributed by atoms with Crippen molar-refractivity contribution in [3.8, 4) is 0 Å². The highest BCUT2D eigenvalue weighted by molar-refractivity contribution is 9.10. The number of aliphatic hydroxyl groups is 1. The molecular formula is C13H17BrFNO. The fourth-order valence-corrected chi connectivity index (χ4v) is 2.63. The lowest BCUT2D eigenvalue weighted by Gasteiger charge is -2.14. The Morgan fingerprint density at radius 3 is 2.71 bits per heavy atom. The normalized spacial score (nSPS) is 17.1. The van der Waals surface area contributed by atoms with Gasteiger partial charge >= 0.3 is 0 Å². The van der Waals surface area contributed by atoms with Gasteiger partial charge in [-0.2, -0.15) is 0 Å². The van der Waals surface area contributed by atoms with Gasteiger partial charge in [0.25, 0.3) is 0 Å². The van der Waals surface area contributed by atoms with Crippen molar-refractivity contribution in [3.63, 3.8) is 0 Å². The van der Waals surface area contributed by atoms with Gasteiger partial charge in [-0.3, -0.25) is 0 Å². The Bertz CT molecular complexity index is 373. The number of hydrogen-bond donors (Lipinski definition) is 2. The molecule has 0 bridgehead atoms. The molecule has 2 nitrogen and oxygen atoms in total. The van der Waals surface area contributed by atoms with E-state index in [0.29, 0.717) is 12.0 Å². The Balaban J connectivity index is 1.82. The fraction of sp³-hybridized carbons (Fsp3) is 0.538. The van der Waals surface area contributed by atoms with Crippen molar-refractivity contribution in [1.82, 2.24) is 5.32 Å². The van der Waals surface area contributed by atoms with E-state index >= 15 is 0 Å². The van der Waals surface area contributed by atoms with Gasteiger partial charge in [-0.15, -0.1) is 0 Å². The van der Waals surface area contributed by atoms with Crippen LogP contribution in [0.3, 0.4) is 0 Å². The van der Waals surface area contributed by atoms with Crippen molar-refractivity contribution >= 4 is 15.9 Å². The monoisotopic (exact) mass is 301 g/mol. The second-order valence-electron chi connectivity index (χ2n) is 4.85. The van der Waals surface area contributed by atoms with Crippen LogP contribution >= 0.6 is 15.9 Å². The molecule has 0 unspecified atom stereocenters. The molecular weight excluding hydrogens is 285 g/mol. The third-order valence-corrected chi connectivity index (χ3v) is 3.81. The molecule has 0 aromatic heterocycles. The number of rotatable bonds is 6. The number of halogens is 2. The second kappa shape index (κ2) is 5.46. The first-order chi connectivity index (χ1) is 8.13. The maximum Gasteiger partial charge on any atom is 0.124 e. The third kappa shape index (κ3) is 3.76. The molecule has 0 radical (unpaired) electrons. The van der Waals surface area contributed by atoms with E-state index in [1.165, 1.54) is 18.9 Å². The van der Waals surface area contributed by atoms with Gasteiger partial charge in [-0.05, 0) is 48.4 Å². The topological polar surface area (TPSA) is 32.3 Å². The smallest absolute Gasteiger partial charge is 0.124 e. The Hall–Kier alpha value is -0.450. The molecule has 1 fully saturated rings. The summed E-state index contributed by atoms with van der Waals surface area (Å²) in [6, 6.07) is 4.92. The van der Waals surface area contributed by atoms with Crippen LogP contribution in [-0.2, 0) is 6.54 Å². The van der Waals surface area contributed by atoms with Crippen molar-refractivity contribution in [1.29, 1.82) is 0 Å². The van der Waals surface area contributed by atoms with Gasteiger partial charge in [0.05, 0.1) is 0 Å². The SMILES string of the molecule is OCCC1(CNCc2cc(F)cc(Br)c2)CC1. The molecule has 0 atom stereocenters. The Labute approximate surface area is 109 Å². The molecule has 2 rings (SSSR count). The van der Waals surface area contributed by atoms with Crippen molar-refractivity contribution in [2.45, 2.75) is 25.8 Å². The van der Waals surface area contributed by atoms with E-state index in [1.807, 2.05) is 6.07 Å². The molecule has 1 aromatic carbocycles. The minimum absolute atomic E-state index is 0.215. The molecule has 0 amide bonds. The Morgan fingerprint density at radius 1 is 1.35 bits per heavy atom. The van der Waals surface area contributed by atoms with Crippen molar-refractivity contribution < 1.29 is 9.50 Å². The van der Waals surface area contributed by atoms with Crippen molar-refractivity contribution in [3.05, 3.63) is 34.1 Å². The molecule has 94 valence electrons. The molecule has 1 saturated carbocycles. The minimum Gasteiger partial charge on any atom is -0.396 e. The highest BCUT2D eigenvalue weighted by atomic mass is 79.9. The zero-order valence-electron chi connectivity index (χ0n) is 9.68. The number of nitrogens with one attached hydrogen (secondary N) is 1. The minimum atomic E-state index is -0.215. The first-order valence-corrected chi connectivity index (χ1v) is 6.69. The zero-order valence-corrected chi connectivity index (χ0v) is 11.3. The number of aliphatic hydroxyl groups excluding tert-OH is 1. The lowest BCUT2D eigenvalue weighted by atomic mass is 10.0. The van der Waals surface area contributed by atoms with Crippen LogP contribution in [0.5, 0.6) is 0 Å². The van der Waals surface area contributed by atoms with E-state index in [9.17, 15) is 4.39 Å².